The minimum absolute atomic E-state index is 0.0599. The van der Waals surface area contributed by atoms with Crippen molar-refractivity contribution in [1.29, 1.82) is 0 Å². The molecule has 2 fully saturated rings. The van der Waals surface area contributed by atoms with Gasteiger partial charge in [0.15, 0.2) is 0 Å². The van der Waals surface area contributed by atoms with Gasteiger partial charge in [-0.3, -0.25) is 4.90 Å². The van der Waals surface area contributed by atoms with E-state index in [0.717, 1.165) is 18.5 Å². The highest BCUT2D eigenvalue weighted by molar-refractivity contribution is 4.92. The summed E-state index contributed by atoms with van der Waals surface area (Å²) in [4.78, 5) is 2.43. The van der Waals surface area contributed by atoms with Crippen LogP contribution in [0.5, 0.6) is 0 Å². The third-order valence-electron chi connectivity index (χ3n) is 3.94. The summed E-state index contributed by atoms with van der Waals surface area (Å²) >= 11 is 0. The topological polar surface area (TPSA) is 41.9 Å². The molecule has 100 valence electrons. The van der Waals surface area contributed by atoms with Crippen molar-refractivity contribution >= 4 is 0 Å². The standard InChI is InChI=1S/C13H25NO3/c1-10(8-16-2)17-9-13(15)7-14-6-11-3-4-12(14)5-11/h10-13,15H,3-9H2,1-2H3. The summed E-state index contributed by atoms with van der Waals surface area (Å²) in [5.41, 5.74) is 0. The van der Waals surface area contributed by atoms with Crippen LogP contribution < -0.4 is 0 Å². The summed E-state index contributed by atoms with van der Waals surface area (Å²) in [6.07, 6.45) is 3.74. The summed E-state index contributed by atoms with van der Waals surface area (Å²) in [5.74, 6) is 0.889. The van der Waals surface area contributed by atoms with Crippen LogP contribution in [0, 0.1) is 5.92 Å². The monoisotopic (exact) mass is 243 g/mol. The van der Waals surface area contributed by atoms with Crippen LogP contribution >= 0.6 is 0 Å². The molecule has 0 spiro atoms. The van der Waals surface area contributed by atoms with Crippen molar-refractivity contribution < 1.29 is 14.6 Å². The first-order chi connectivity index (χ1) is 8.19. The molecule has 2 bridgehead atoms. The van der Waals surface area contributed by atoms with E-state index in [1.54, 1.807) is 7.11 Å². The van der Waals surface area contributed by atoms with E-state index in [1.165, 1.54) is 25.8 Å². The van der Waals surface area contributed by atoms with Crippen LogP contribution in [0.2, 0.25) is 0 Å². The Morgan fingerprint density at radius 3 is 2.76 bits per heavy atom. The molecule has 17 heavy (non-hydrogen) atoms. The number of hydrogen-bond donors (Lipinski definition) is 1. The first-order valence-corrected chi connectivity index (χ1v) is 6.71. The van der Waals surface area contributed by atoms with E-state index in [-0.39, 0.29) is 12.2 Å². The van der Waals surface area contributed by atoms with Crippen LogP contribution in [0.1, 0.15) is 26.2 Å². The van der Waals surface area contributed by atoms with Gasteiger partial charge in [0.1, 0.15) is 0 Å². The molecule has 4 atom stereocenters. The molecule has 0 aromatic rings. The molecular formula is C13H25NO3. The van der Waals surface area contributed by atoms with Crippen molar-refractivity contribution in [2.75, 3.05) is 33.4 Å². The Morgan fingerprint density at radius 2 is 2.18 bits per heavy atom. The van der Waals surface area contributed by atoms with Gasteiger partial charge in [-0.15, -0.1) is 0 Å². The van der Waals surface area contributed by atoms with Gasteiger partial charge in [0.25, 0.3) is 0 Å². The molecule has 1 saturated heterocycles. The molecule has 2 aliphatic rings. The Bertz CT molecular complexity index is 237. The minimum atomic E-state index is -0.367. The summed E-state index contributed by atoms with van der Waals surface area (Å²) in [5, 5.41) is 9.95. The number of fused-ring (bicyclic) bond motifs is 2. The molecule has 1 aliphatic heterocycles. The Balaban J connectivity index is 1.62. The normalized spacial score (nSPS) is 31.9. The van der Waals surface area contributed by atoms with Crippen LogP contribution in [0.3, 0.4) is 0 Å². The summed E-state index contributed by atoms with van der Waals surface area (Å²) < 4.78 is 10.5. The number of β-amino-alcohol motifs (C(OH)–C–C–N with tert-alkyl or cyclic N) is 1. The van der Waals surface area contributed by atoms with Gasteiger partial charge in [-0.2, -0.15) is 0 Å². The second-order valence-electron chi connectivity index (χ2n) is 5.54. The van der Waals surface area contributed by atoms with E-state index in [1.807, 2.05) is 6.92 Å². The number of nitrogens with zero attached hydrogens (tertiary/aromatic N) is 1. The molecular weight excluding hydrogens is 218 g/mol. The van der Waals surface area contributed by atoms with Gasteiger partial charge < -0.3 is 14.6 Å². The number of rotatable bonds is 7. The van der Waals surface area contributed by atoms with Gasteiger partial charge in [0.2, 0.25) is 0 Å². The first kappa shape index (κ1) is 13.3. The van der Waals surface area contributed by atoms with Crippen LogP contribution in [-0.4, -0.2) is 61.7 Å². The molecule has 1 N–H and O–H groups in total. The highest BCUT2D eigenvalue weighted by Crippen LogP contribution is 2.37. The zero-order valence-electron chi connectivity index (χ0n) is 11.0. The summed E-state index contributed by atoms with van der Waals surface area (Å²) in [6.45, 7) is 4.91. The van der Waals surface area contributed by atoms with Crippen molar-refractivity contribution in [3.8, 4) is 0 Å². The number of aliphatic hydroxyl groups excluding tert-OH is 1. The zero-order valence-corrected chi connectivity index (χ0v) is 11.0. The third kappa shape index (κ3) is 3.65. The van der Waals surface area contributed by atoms with Gasteiger partial charge >= 0.3 is 0 Å². The van der Waals surface area contributed by atoms with Gasteiger partial charge in [-0.25, -0.2) is 0 Å². The fraction of sp³-hybridized carbons (Fsp3) is 1.00. The number of piperidine rings is 1. The van der Waals surface area contributed by atoms with Crippen molar-refractivity contribution in [3.05, 3.63) is 0 Å². The molecule has 2 rings (SSSR count). The minimum Gasteiger partial charge on any atom is -0.389 e. The fourth-order valence-corrected chi connectivity index (χ4v) is 3.13. The molecule has 1 saturated carbocycles. The molecule has 0 amide bonds. The summed E-state index contributed by atoms with van der Waals surface area (Å²) in [6, 6.07) is 0.728. The number of methoxy groups -OCH3 is 1. The molecule has 1 heterocycles. The smallest absolute Gasteiger partial charge is 0.0900 e. The van der Waals surface area contributed by atoms with Crippen LogP contribution in [0.4, 0.5) is 0 Å². The molecule has 1 aliphatic carbocycles. The Hall–Kier alpha value is -0.160. The zero-order chi connectivity index (χ0) is 12.3. The largest absolute Gasteiger partial charge is 0.389 e. The van der Waals surface area contributed by atoms with Crippen LogP contribution in [-0.2, 0) is 9.47 Å². The molecule has 0 aromatic carbocycles. The van der Waals surface area contributed by atoms with Crippen molar-refractivity contribution in [2.24, 2.45) is 5.92 Å². The maximum Gasteiger partial charge on any atom is 0.0900 e. The summed E-state index contributed by atoms with van der Waals surface area (Å²) in [7, 11) is 1.66. The van der Waals surface area contributed by atoms with Crippen LogP contribution in [0.15, 0.2) is 0 Å². The van der Waals surface area contributed by atoms with Gasteiger partial charge in [0, 0.05) is 26.2 Å². The first-order valence-electron chi connectivity index (χ1n) is 6.71. The maximum atomic E-state index is 9.95. The lowest BCUT2D eigenvalue weighted by atomic mass is 10.1. The second kappa shape index (κ2) is 6.14. The lowest BCUT2D eigenvalue weighted by Gasteiger charge is -2.29. The van der Waals surface area contributed by atoms with Gasteiger partial charge in [0.05, 0.1) is 25.4 Å². The van der Waals surface area contributed by atoms with E-state index in [0.29, 0.717) is 13.2 Å². The maximum absolute atomic E-state index is 9.95. The Labute approximate surface area is 104 Å². The average Bonchev–Trinajstić information content (AvgIpc) is 2.88. The fourth-order valence-electron chi connectivity index (χ4n) is 3.13. The number of hydrogen-bond acceptors (Lipinski definition) is 4. The van der Waals surface area contributed by atoms with Crippen molar-refractivity contribution in [3.63, 3.8) is 0 Å². The Morgan fingerprint density at radius 1 is 1.35 bits per heavy atom. The molecule has 4 unspecified atom stereocenters. The number of likely N-dealkylation sites (tertiary alicyclic amines) is 1. The predicted molar refractivity (Wildman–Crippen MR) is 66.0 cm³/mol. The Kier molecular flexibility index (Phi) is 4.79. The lowest BCUT2D eigenvalue weighted by molar-refractivity contribution is -0.0417. The predicted octanol–water partition coefficient (Wildman–Crippen LogP) is 0.883. The average molecular weight is 243 g/mol. The third-order valence-corrected chi connectivity index (χ3v) is 3.94. The highest BCUT2D eigenvalue weighted by atomic mass is 16.5. The van der Waals surface area contributed by atoms with Crippen molar-refractivity contribution in [2.45, 2.75) is 44.4 Å². The molecule has 0 radical (unpaired) electrons. The van der Waals surface area contributed by atoms with E-state index in [2.05, 4.69) is 4.90 Å². The van der Waals surface area contributed by atoms with Gasteiger partial charge in [-0.05, 0) is 32.1 Å². The van der Waals surface area contributed by atoms with E-state index < -0.39 is 0 Å². The number of aliphatic hydroxyl groups is 1. The van der Waals surface area contributed by atoms with E-state index in [4.69, 9.17) is 9.47 Å². The van der Waals surface area contributed by atoms with Gasteiger partial charge in [-0.1, -0.05) is 0 Å². The molecule has 4 nitrogen and oxygen atoms in total. The van der Waals surface area contributed by atoms with E-state index in [9.17, 15) is 5.11 Å². The SMILES string of the molecule is COCC(C)OCC(O)CN1CC2CCC1C2. The lowest BCUT2D eigenvalue weighted by Crippen LogP contribution is -2.40. The molecule has 0 aromatic heterocycles. The van der Waals surface area contributed by atoms with Crippen molar-refractivity contribution in [1.82, 2.24) is 4.90 Å². The quantitative estimate of drug-likeness (QED) is 0.721. The second-order valence-corrected chi connectivity index (χ2v) is 5.54. The van der Waals surface area contributed by atoms with Crippen LogP contribution in [0.25, 0.3) is 0 Å². The molecule has 4 heteroatoms. The van der Waals surface area contributed by atoms with E-state index >= 15 is 0 Å². The highest BCUT2D eigenvalue weighted by Gasteiger charge is 2.38. The number of ether oxygens (including phenoxy) is 2.